The van der Waals surface area contributed by atoms with Crippen molar-refractivity contribution >= 4 is 15.9 Å². The Hall–Kier alpha value is -1.42. The van der Waals surface area contributed by atoms with Crippen molar-refractivity contribution in [1.82, 2.24) is 0 Å². The van der Waals surface area contributed by atoms with Crippen molar-refractivity contribution in [3.63, 3.8) is 0 Å². The van der Waals surface area contributed by atoms with E-state index >= 15 is 0 Å². The second kappa shape index (κ2) is 4.93. The number of rotatable bonds is 0. The molecule has 1 aromatic rings. The summed E-state index contributed by atoms with van der Waals surface area (Å²) in [5, 5.41) is 0. The van der Waals surface area contributed by atoms with Gasteiger partial charge in [-0.15, -0.1) is 0 Å². The van der Waals surface area contributed by atoms with Crippen molar-refractivity contribution in [3.8, 4) is 0 Å². The van der Waals surface area contributed by atoms with Gasteiger partial charge in [0.1, 0.15) is 24.0 Å². The van der Waals surface area contributed by atoms with Crippen LogP contribution in [-0.4, -0.2) is 0 Å². The minimum atomic E-state index is -0.272. The highest BCUT2D eigenvalue weighted by Gasteiger charge is 2.24. The van der Waals surface area contributed by atoms with Gasteiger partial charge in [-0.1, -0.05) is 28.1 Å². The van der Waals surface area contributed by atoms with Gasteiger partial charge in [0.2, 0.25) is 0 Å². The molecule has 0 spiro atoms. The average molecular weight is 325 g/mol. The first-order valence-electron chi connectivity index (χ1n) is 5.97. The summed E-state index contributed by atoms with van der Waals surface area (Å²) in [5.41, 5.74) is 3.21. The summed E-state index contributed by atoms with van der Waals surface area (Å²) >= 11 is 3.26. The zero-order chi connectivity index (χ0) is 13.4. The van der Waals surface area contributed by atoms with Gasteiger partial charge in [0.25, 0.3) is 0 Å². The van der Waals surface area contributed by atoms with Gasteiger partial charge < -0.3 is 4.74 Å². The molecule has 0 fully saturated rings. The minimum absolute atomic E-state index is 0.139. The van der Waals surface area contributed by atoms with Gasteiger partial charge in [0, 0.05) is 30.1 Å². The van der Waals surface area contributed by atoms with E-state index in [4.69, 9.17) is 4.74 Å². The molecule has 0 saturated heterocycles. The van der Waals surface area contributed by atoms with Crippen LogP contribution >= 0.6 is 15.9 Å². The molecule has 2 aliphatic rings. The molecule has 0 bridgehead atoms. The van der Waals surface area contributed by atoms with Crippen LogP contribution in [0.3, 0.4) is 0 Å². The summed E-state index contributed by atoms with van der Waals surface area (Å²) < 4.78 is 32.9. The van der Waals surface area contributed by atoms with Crippen molar-refractivity contribution in [2.24, 2.45) is 0 Å². The predicted octanol–water partition coefficient (Wildman–Crippen LogP) is 4.69. The minimum Gasteiger partial charge on any atom is -0.488 e. The zero-order valence-electron chi connectivity index (χ0n) is 10.1. The highest BCUT2D eigenvalue weighted by atomic mass is 79.9. The average Bonchev–Trinajstić information content (AvgIpc) is 2.58. The van der Waals surface area contributed by atoms with E-state index in [9.17, 15) is 8.78 Å². The number of benzene rings is 1. The maximum atomic E-state index is 13.8. The molecule has 1 nitrogen and oxygen atoms in total. The molecule has 0 N–H and O–H groups in total. The van der Waals surface area contributed by atoms with Crippen LogP contribution in [-0.2, 0) is 17.8 Å². The van der Waals surface area contributed by atoms with Gasteiger partial charge in [-0.05, 0) is 22.2 Å². The molecule has 3 rings (SSSR count). The number of ether oxygens (including phenoxy) is 1. The summed E-state index contributed by atoms with van der Waals surface area (Å²) in [5.74, 6) is -0.00732. The molecule has 0 atom stereocenters. The van der Waals surface area contributed by atoms with E-state index in [-0.39, 0.29) is 24.7 Å². The number of fused-ring (bicyclic) bond motifs is 1. The Labute approximate surface area is 118 Å². The van der Waals surface area contributed by atoms with Crippen LogP contribution in [0.4, 0.5) is 8.78 Å². The SMILES string of the molecule is FC1=CC2=C(Cc3cccc(F)c3CO2)C(=CBr)C1. The number of hydrogen-bond donors (Lipinski definition) is 0. The molecular weight excluding hydrogens is 314 g/mol. The normalized spacial score (nSPS) is 20.4. The first-order chi connectivity index (χ1) is 9.19. The van der Waals surface area contributed by atoms with Crippen LogP contribution in [0, 0.1) is 5.82 Å². The Morgan fingerprint density at radius 3 is 2.84 bits per heavy atom. The molecule has 1 aliphatic heterocycles. The molecular formula is C15H11BrF2O. The summed E-state index contributed by atoms with van der Waals surface area (Å²) in [6, 6.07) is 5.00. The zero-order valence-corrected chi connectivity index (χ0v) is 11.6. The largest absolute Gasteiger partial charge is 0.488 e. The fraction of sp³-hybridized carbons (Fsp3) is 0.200. The number of allylic oxidation sites excluding steroid dienone is 4. The van der Waals surface area contributed by atoms with Crippen LogP contribution < -0.4 is 0 Å². The third-order valence-corrected chi connectivity index (χ3v) is 3.97. The van der Waals surface area contributed by atoms with Gasteiger partial charge >= 0.3 is 0 Å². The first kappa shape index (κ1) is 12.6. The fourth-order valence-electron chi connectivity index (χ4n) is 2.43. The van der Waals surface area contributed by atoms with Gasteiger partial charge in [-0.2, -0.15) is 0 Å². The van der Waals surface area contributed by atoms with E-state index in [2.05, 4.69) is 15.9 Å². The van der Waals surface area contributed by atoms with E-state index in [0.29, 0.717) is 17.7 Å². The first-order valence-corrected chi connectivity index (χ1v) is 6.88. The maximum absolute atomic E-state index is 13.8. The molecule has 0 radical (unpaired) electrons. The monoisotopic (exact) mass is 324 g/mol. The molecule has 4 heteroatoms. The molecule has 0 unspecified atom stereocenters. The molecule has 1 aliphatic carbocycles. The standard InChI is InChI=1S/C15H11BrF2O/c16-7-10-4-11(17)6-15-12(10)5-9-2-1-3-14(18)13(9)8-19-15/h1-3,6-7H,4-5,8H2. The van der Waals surface area contributed by atoms with Crippen molar-refractivity contribution in [1.29, 1.82) is 0 Å². The summed E-state index contributed by atoms with van der Waals surface area (Å²) in [7, 11) is 0. The van der Waals surface area contributed by atoms with Crippen LogP contribution in [0.2, 0.25) is 0 Å². The van der Waals surface area contributed by atoms with Crippen LogP contribution in [0.15, 0.2) is 52.0 Å². The van der Waals surface area contributed by atoms with Crippen molar-refractivity contribution < 1.29 is 13.5 Å². The number of hydrogen-bond acceptors (Lipinski definition) is 1. The molecule has 0 saturated carbocycles. The van der Waals surface area contributed by atoms with Crippen LogP contribution in [0.1, 0.15) is 17.5 Å². The van der Waals surface area contributed by atoms with Crippen molar-refractivity contribution in [2.75, 3.05) is 0 Å². The Kier molecular flexibility index (Phi) is 3.27. The Balaban J connectivity index is 2.09. The molecule has 1 heterocycles. The quantitative estimate of drug-likeness (QED) is 0.672. The van der Waals surface area contributed by atoms with E-state index < -0.39 is 0 Å². The second-order valence-corrected chi connectivity index (χ2v) is 5.05. The lowest BCUT2D eigenvalue weighted by Crippen LogP contribution is -2.03. The van der Waals surface area contributed by atoms with E-state index in [1.165, 1.54) is 12.1 Å². The Bertz CT molecular complexity index is 629. The Morgan fingerprint density at radius 2 is 2.05 bits per heavy atom. The molecule has 0 aromatic heterocycles. The van der Waals surface area contributed by atoms with Gasteiger partial charge in [-0.25, -0.2) is 8.78 Å². The highest BCUT2D eigenvalue weighted by molar-refractivity contribution is 9.11. The molecule has 98 valence electrons. The van der Waals surface area contributed by atoms with Crippen LogP contribution in [0.25, 0.3) is 0 Å². The molecule has 19 heavy (non-hydrogen) atoms. The lowest BCUT2D eigenvalue weighted by atomic mass is 9.91. The smallest absolute Gasteiger partial charge is 0.130 e. The highest BCUT2D eigenvalue weighted by Crippen LogP contribution is 2.36. The molecule has 1 aromatic carbocycles. The third-order valence-electron chi connectivity index (χ3n) is 3.42. The third kappa shape index (κ3) is 2.25. The fourth-order valence-corrected chi connectivity index (χ4v) is 2.87. The van der Waals surface area contributed by atoms with E-state index in [0.717, 1.165) is 16.7 Å². The van der Waals surface area contributed by atoms with Gasteiger partial charge in [0.15, 0.2) is 0 Å². The predicted molar refractivity (Wildman–Crippen MR) is 72.7 cm³/mol. The summed E-state index contributed by atoms with van der Waals surface area (Å²) in [6.45, 7) is 0.139. The topological polar surface area (TPSA) is 9.23 Å². The summed E-state index contributed by atoms with van der Waals surface area (Å²) in [6.07, 6.45) is 2.21. The maximum Gasteiger partial charge on any atom is 0.130 e. The van der Waals surface area contributed by atoms with E-state index in [1.54, 1.807) is 11.1 Å². The lowest BCUT2D eigenvalue weighted by Gasteiger charge is -2.17. The summed E-state index contributed by atoms with van der Waals surface area (Å²) in [4.78, 5) is 1.71. The van der Waals surface area contributed by atoms with Crippen molar-refractivity contribution in [2.45, 2.75) is 19.4 Å². The lowest BCUT2D eigenvalue weighted by molar-refractivity contribution is 0.204. The number of halogens is 3. The van der Waals surface area contributed by atoms with Gasteiger partial charge in [0.05, 0.1) is 0 Å². The van der Waals surface area contributed by atoms with Crippen molar-refractivity contribution in [3.05, 3.63) is 68.9 Å². The second-order valence-electron chi connectivity index (χ2n) is 4.59. The van der Waals surface area contributed by atoms with Gasteiger partial charge in [-0.3, -0.25) is 0 Å². The molecule has 0 amide bonds. The Morgan fingerprint density at radius 1 is 1.21 bits per heavy atom. The van der Waals surface area contributed by atoms with E-state index in [1.807, 2.05) is 6.07 Å². The van der Waals surface area contributed by atoms with Crippen LogP contribution in [0.5, 0.6) is 0 Å².